The van der Waals surface area contributed by atoms with E-state index in [9.17, 15) is 22.2 Å². The lowest BCUT2D eigenvalue weighted by atomic mass is 10.1. The van der Waals surface area contributed by atoms with Crippen LogP contribution in [-0.2, 0) is 28.2 Å². The Balaban J connectivity index is 2.14. The lowest BCUT2D eigenvalue weighted by Crippen LogP contribution is -2.27. The molecule has 19 heavy (non-hydrogen) atoms. The number of aliphatic hydroxyl groups excluding tert-OH is 1. The summed E-state index contributed by atoms with van der Waals surface area (Å²) in [4.78, 5) is 13.0. The van der Waals surface area contributed by atoms with E-state index in [1.54, 1.807) is 24.3 Å². The lowest BCUT2D eigenvalue weighted by molar-refractivity contribution is -0.128. The summed E-state index contributed by atoms with van der Waals surface area (Å²) in [5.41, 5.74) is 1.40. The van der Waals surface area contributed by atoms with Crippen LogP contribution in [0.5, 0.6) is 0 Å². The molecule has 0 bridgehead atoms. The Bertz CT molecular complexity index is 587. The van der Waals surface area contributed by atoms with Crippen molar-refractivity contribution in [2.24, 2.45) is 0 Å². The molecule has 1 heterocycles. The largest absolute Gasteiger partial charge is 0.392 e. The fraction of sp³-hybridized carbons (Fsp3) is 0.417. The topological polar surface area (TPSA) is 74.7 Å². The van der Waals surface area contributed by atoms with Gasteiger partial charge >= 0.3 is 10.2 Å². The summed E-state index contributed by atoms with van der Waals surface area (Å²) >= 11 is 0. The molecule has 1 amide bonds. The van der Waals surface area contributed by atoms with Gasteiger partial charge in [-0.2, -0.15) is 8.42 Å². The summed E-state index contributed by atoms with van der Waals surface area (Å²) in [6.07, 6.45) is -0.319. The zero-order valence-corrected chi connectivity index (χ0v) is 10.9. The first kappa shape index (κ1) is 14.0. The van der Waals surface area contributed by atoms with Gasteiger partial charge in [0.25, 0.3) is 0 Å². The maximum absolute atomic E-state index is 12.9. The van der Waals surface area contributed by atoms with Crippen LogP contribution in [0, 0.1) is 0 Å². The number of rotatable bonds is 4. The Kier molecular flexibility index (Phi) is 3.86. The maximum atomic E-state index is 12.9. The van der Waals surface area contributed by atoms with Gasteiger partial charge in [0.15, 0.2) is 0 Å². The highest BCUT2D eigenvalue weighted by Crippen LogP contribution is 2.22. The molecule has 2 rings (SSSR count). The SMILES string of the molecule is O=C1CC(S(=O)(=O)F)CN1Cc1ccccc1CO. The van der Waals surface area contributed by atoms with Gasteiger partial charge in [0, 0.05) is 19.5 Å². The minimum Gasteiger partial charge on any atom is -0.392 e. The quantitative estimate of drug-likeness (QED) is 0.822. The maximum Gasteiger partial charge on any atom is 0.307 e. The van der Waals surface area contributed by atoms with Crippen LogP contribution in [0.1, 0.15) is 17.5 Å². The van der Waals surface area contributed by atoms with E-state index in [0.717, 1.165) is 5.56 Å². The fourth-order valence-electron chi connectivity index (χ4n) is 2.15. The van der Waals surface area contributed by atoms with E-state index >= 15 is 0 Å². The number of hydrogen-bond donors (Lipinski definition) is 1. The highest BCUT2D eigenvalue weighted by atomic mass is 32.3. The van der Waals surface area contributed by atoms with E-state index in [1.807, 2.05) is 0 Å². The number of likely N-dealkylation sites (tertiary alicyclic amines) is 1. The first-order valence-corrected chi connectivity index (χ1v) is 7.25. The molecule has 1 aliphatic rings. The summed E-state index contributed by atoms with van der Waals surface area (Å²) in [6.45, 7) is -0.123. The van der Waals surface area contributed by atoms with Crippen LogP contribution < -0.4 is 0 Å². The van der Waals surface area contributed by atoms with Gasteiger partial charge in [-0.3, -0.25) is 4.79 Å². The highest BCUT2D eigenvalue weighted by molar-refractivity contribution is 7.87. The molecule has 104 valence electrons. The van der Waals surface area contributed by atoms with Gasteiger partial charge in [-0.1, -0.05) is 24.3 Å². The van der Waals surface area contributed by atoms with E-state index in [1.165, 1.54) is 4.90 Å². The van der Waals surface area contributed by atoms with Crippen LogP contribution in [-0.4, -0.2) is 36.1 Å². The molecule has 0 aromatic heterocycles. The Hall–Kier alpha value is -1.47. The first-order valence-electron chi connectivity index (χ1n) is 5.80. The molecule has 1 aliphatic heterocycles. The van der Waals surface area contributed by atoms with Crippen molar-refractivity contribution in [1.29, 1.82) is 0 Å². The number of aliphatic hydroxyl groups is 1. The molecule has 1 saturated heterocycles. The number of benzene rings is 1. The van der Waals surface area contributed by atoms with Crippen molar-refractivity contribution in [2.45, 2.75) is 24.8 Å². The zero-order valence-electron chi connectivity index (χ0n) is 10.1. The van der Waals surface area contributed by atoms with Crippen molar-refractivity contribution in [2.75, 3.05) is 6.54 Å². The molecule has 7 heteroatoms. The van der Waals surface area contributed by atoms with Gasteiger partial charge < -0.3 is 10.0 Å². The molecule has 1 aromatic carbocycles. The average Bonchev–Trinajstić information content (AvgIpc) is 2.72. The van der Waals surface area contributed by atoms with Gasteiger partial charge in [0.05, 0.1) is 6.61 Å². The molecule has 0 saturated carbocycles. The molecular weight excluding hydrogens is 273 g/mol. The summed E-state index contributed by atoms with van der Waals surface area (Å²) in [5, 5.41) is 7.90. The van der Waals surface area contributed by atoms with Gasteiger partial charge in [-0.15, -0.1) is 3.89 Å². The predicted molar refractivity (Wildman–Crippen MR) is 66.2 cm³/mol. The smallest absolute Gasteiger partial charge is 0.307 e. The van der Waals surface area contributed by atoms with E-state index in [4.69, 9.17) is 0 Å². The molecule has 1 atom stereocenters. The van der Waals surface area contributed by atoms with Gasteiger partial charge in [-0.05, 0) is 11.1 Å². The predicted octanol–water partition coefficient (Wildman–Crippen LogP) is 0.579. The molecule has 0 radical (unpaired) electrons. The molecule has 1 N–H and O–H groups in total. The third-order valence-electron chi connectivity index (χ3n) is 3.23. The summed E-state index contributed by atoms with van der Waals surface area (Å²) in [7, 11) is -4.69. The van der Waals surface area contributed by atoms with Crippen molar-refractivity contribution in [1.82, 2.24) is 4.90 Å². The van der Waals surface area contributed by atoms with Crippen LogP contribution >= 0.6 is 0 Å². The van der Waals surface area contributed by atoms with E-state index in [0.29, 0.717) is 5.56 Å². The summed E-state index contributed by atoms with van der Waals surface area (Å²) in [6, 6.07) is 6.99. The number of nitrogens with zero attached hydrogens (tertiary/aromatic N) is 1. The van der Waals surface area contributed by atoms with Crippen molar-refractivity contribution in [3.05, 3.63) is 35.4 Å². The molecular formula is C12H14FNO4S. The number of carbonyl (C=O) groups excluding carboxylic acids is 1. The summed E-state index contributed by atoms with van der Waals surface area (Å²) < 4.78 is 34.5. The van der Waals surface area contributed by atoms with E-state index < -0.39 is 15.5 Å². The second kappa shape index (κ2) is 5.26. The van der Waals surface area contributed by atoms with Crippen molar-refractivity contribution < 1.29 is 22.2 Å². The standard InChI is InChI=1S/C12H14FNO4S/c13-19(17,18)11-5-12(16)14(7-11)6-9-3-1-2-4-10(9)8-15/h1-4,11,15H,5-8H2. The Morgan fingerprint density at radius 2 is 1.95 bits per heavy atom. The second-order valence-electron chi connectivity index (χ2n) is 4.50. The second-order valence-corrected chi connectivity index (χ2v) is 6.12. The van der Waals surface area contributed by atoms with Crippen LogP contribution in [0.25, 0.3) is 0 Å². The van der Waals surface area contributed by atoms with E-state index in [-0.39, 0.29) is 32.0 Å². The zero-order chi connectivity index (χ0) is 14.0. The Labute approximate surface area is 110 Å². The third-order valence-corrected chi connectivity index (χ3v) is 4.34. The van der Waals surface area contributed by atoms with Crippen molar-refractivity contribution >= 4 is 16.1 Å². The van der Waals surface area contributed by atoms with Crippen LogP contribution in [0.3, 0.4) is 0 Å². The summed E-state index contributed by atoms with van der Waals surface area (Å²) in [5.74, 6) is -0.390. The Morgan fingerprint density at radius 3 is 2.47 bits per heavy atom. The highest BCUT2D eigenvalue weighted by Gasteiger charge is 2.38. The van der Waals surface area contributed by atoms with Crippen LogP contribution in [0.4, 0.5) is 3.89 Å². The van der Waals surface area contributed by atoms with Gasteiger partial charge in [0.2, 0.25) is 5.91 Å². The Morgan fingerprint density at radius 1 is 1.32 bits per heavy atom. The molecule has 1 fully saturated rings. The first-order chi connectivity index (χ1) is 8.91. The third kappa shape index (κ3) is 3.10. The molecule has 0 spiro atoms. The van der Waals surface area contributed by atoms with Crippen LogP contribution in [0.15, 0.2) is 24.3 Å². The number of hydrogen-bond acceptors (Lipinski definition) is 4. The van der Waals surface area contributed by atoms with Gasteiger partial charge in [-0.25, -0.2) is 0 Å². The molecule has 0 aliphatic carbocycles. The van der Waals surface area contributed by atoms with Crippen molar-refractivity contribution in [3.8, 4) is 0 Å². The molecule has 1 aromatic rings. The fourth-order valence-corrected chi connectivity index (χ4v) is 2.85. The van der Waals surface area contributed by atoms with Crippen LogP contribution in [0.2, 0.25) is 0 Å². The number of carbonyl (C=O) groups is 1. The molecule has 1 unspecified atom stereocenters. The average molecular weight is 287 g/mol. The monoisotopic (exact) mass is 287 g/mol. The lowest BCUT2D eigenvalue weighted by Gasteiger charge is -2.17. The normalized spacial score (nSPS) is 20.0. The molecule has 5 nitrogen and oxygen atoms in total. The number of halogens is 1. The van der Waals surface area contributed by atoms with Gasteiger partial charge in [0.1, 0.15) is 5.25 Å². The minimum absolute atomic E-state index is 0.141. The van der Waals surface area contributed by atoms with E-state index in [2.05, 4.69) is 0 Å². The number of amides is 1. The van der Waals surface area contributed by atoms with Crippen molar-refractivity contribution in [3.63, 3.8) is 0 Å². The minimum atomic E-state index is -4.69.